The lowest BCUT2D eigenvalue weighted by atomic mass is 9.87. The van der Waals surface area contributed by atoms with Crippen LogP contribution < -0.4 is 10.1 Å². The molecule has 1 unspecified atom stereocenters. The molecule has 0 spiro atoms. The number of rotatable bonds is 9. The van der Waals surface area contributed by atoms with Gasteiger partial charge in [-0.3, -0.25) is 9.59 Å². The largest absolute Gasteiger partial charge is 0.484 e. The number of benzene rings is 2. The number of nitrogens with one attached hydrogen (secondary N) is 1. The Labute approximate surface area is 201 Å². The summed E-state index contributed by atoms with van der Waals surface area (Å²) in [7, 11) is 0. The highest BCUT2D eigenvalue weighted by molar-refractivity contribution is 6.42. The number of amides is 2. The van der Waals surface area contributed by atoms with Crippen LogP contribution in [0, 0.1) is 0 Å². The number of hydrogen-bond donors (Lipinski definition) is 1. The van der Waals surface area contributed by atoms with Gasteiger partial charge in [-0.2, -0.15) is 0 Å². The number of carbonyl (C=O) groups is 2. The molecule has 0 aliphatic carbocycles. The van der Waals surface area contributed by atoms with Crippen molar-refractivity contribution in [2.75, 3.05) is 13.2 Å². The second-order valence-corrected chi connectivity index (χ2v) is 9.47. The van der Waals surface area contributed by atoms with Crippen LogP contribution in [0.4, 0.5) is 0 Å². The van der Waals surface area contributed by atoms with Gasteiger partial charge in [-0.15, -0.1) is 0 Å². The fourth-order valence-electron chi connectivity index (χ4n) is 3.33. The molecule has 0 bridgehead atoms. The summed E-state index contributed by atoms with van der Waals surface area (Å²) in [5, 5.41) is 3.65. The van der Waals surface area contributed by atoms with Gasteiger partial charge in [0.25, 0.3) is 5.91 Å². The highest BCUT2D eigenvalue weighted by Gasteiger charge is 2.28. The highest BCUT2D eigenvalue weighted by atomic mass is 35.5. The van der Waals surface area contributed by atoms with E-state index in [2.05, 4.69) is 26.1 Å². The van der Waals surface area contributed by atoms with Crippen molar-refractivity contribution in [1.29, 1.82) is 0 Å². The van der Waals surface area contributed by atoms with Crippen molar-refractivity contribution < 1.29 is 14.3 Å². The van der Waals surface area contributed by atoms with Gasteiger partial charge in [-0.25, -0.2) is 0 Å². The molecule has 5 nitrogen and oxygen atoms in total. The maximum Gasteiger partial charge on any atom is 0.261 e. The zero-order valence-electron chi connectivity index (χ0n) is 19.4. The van der Waals surface area contributed by atoms with Crippen molar-refractivity contribution >= 4 is 35.0 Å². The van der Waals surface area contributed by atoms with Gasteiger partial charge in [0.05, 0.1) is 10.0 Å². The zero-order chi connectivity index (χ0) is 23.9. The van der Waals surface area contributed by atoms with Crippen LogP contribution in [0.3, 0.4) is 0 Å². The first-order valence-electron chi connectivity index (χ1n) is 10.8. The monoisotopic (exact) mass is 478 g/mol. The van der Waals surface area contributed by atoms with Crippen LogP contribution in [-0.2, 0) is 21.5 Å². The van der Waals surface area contributed by atoms with Gasteiger partial charge in [0.2, 0.25) is 5.91 Å². The predicted octanol–water partition coefficient (Wildman–Crippen LogP) is 5.61. The molecule has 0 saturated carbocycles. The molecular weight excluding hydrogens is 447 g/mol. The quantitative estimate of drug-likeness (QED) is 0.509. The standard InChI is InChI=1S/C25H32Cl2N2O3/c1-6-22(24(31)28-7-2)29(15-17-8-13-20(26)21(27)14-17)23(30)16-32-19-11-9-18(10-12-19)25(3,4)5/h8-14,22H,6-7,15-16H2,1-5H3,(H,28,31). The number of carbonyl (C=O) groups excluding carboxylic acids is 2. The minimum atomic E-state index is -0.622. The SMILES string of the molecule is CCNC(=O)C(CC)N(Cc1ccc(Cl)c(Cl)c1)C(=O)COc1ccc(C(C)(C)C)cc1. The third-order valence-corrected chi connectivity index (χ3v) is 5.90. The minimum absolute atomic E-state index is 0.0337. The first kappa shape index (κ1) is 26.0. The van der Waals surface area contributed by atoms with Crippen LogP contribution in [0.1, 0.15) is 52.2 Å². The number of ether oxygens (including phenoxy) is 1. The van der Waals surface area contributed by atoms with E-state index in [1.807, 2.05) is 38.1 Å². The molecule has 0 aliphatic heterocycles. The molecule has 0 aliphatic rings. The topological polar surface area (TPSA) is 58.6 Å². The van der Waals surface area contributed by atoms with Crippen LogP contribution in [0.2, 0.25) is 10.0 Å². The number of halogens is 2. The lowest BCUT2D eigenvalue weighted by molar-refractivity contribution is -0.142. The summed E-state index contributed by atoms with van der Waals surface area (Å²) in [5.41, 5.74) is 2.00. The van der Waals surface area contributed by atoms with Crippen molar-refractivity contribution in [3.8, 4) is 5.75 Å². The van der Waals surface area contributed by atoms with E-state index in [9.17, 15) is 9.59 Å². The van der Waals surface area contributed by atoms with Crippen LogP contribution in [0.25, 0.3) is 0 Å². The van der Waals surface area contributed by atoms with E-state index >= 15 is 0 Å². The van der Waals surface area contributed by atoms with E-state index in [1.54, 1.807) is 18.2 Å². The Morgan fingerprint density at radius 2 is 1.69 bits per heavy atom. The fourth-order valence-corrected chi connectivity index (χ4v) is 3.65. The molecule has 1 N–H and O–H groups in total. The first-order chi connectivity index (χ1) is 15.1. The van der Waals surface area contributed by atoms with Crippen LogP contribution >= 0.6 is 23.2 Å². The lowest BCUT2D eigenvalue weighted by Gasteiger charge is -2.30. The van der Waals surface area contributed by atoms with E-state index in [4.69, 9.17) is 27.9 Å². The normalized spacial score (nSPS) is 12.2. The molecule has 0 heterocycles. The predicted molar refractivity (Wildman–Crippen MR) is 130 cm³/mol. The Balaban J connectivity index is 2.20. The molecule has 2 aromatic carbocycles. The molecule has 0 radical (unpaired) electrons. The average Bonchev–Trinajstić information content (AvgIpc) is 2.74. The highest BCUT2D eigenvalue weighted by Crippen LogP contribution is 2.25. The van der Waals surface area contributed by atoms with Gasteiger partial charge in [0.15, 0.2) is 6.61 Å². The zero-order valence-corrected chi connectivity index (χ0v) is 20.9. The van der Waals surface area contributed by atoms with Gasteiger partial charge in [-0.1, -0.05) is 69.1 Å². The maximum absolute atomic E-state index is 13.2. The maximum atomic E-state index is 13.2. The molecule has 0 saturated heterocycles. The molecule has 174 valence electrons. The Bertz CT molecular complexity index is 924. The van der Waals surface area contributed by atoms with E-state index in [1.165, 1.54) is 10.5 Å². The number of nitrogens with zero attached hydrogens (tertiary/aromatic N) is 1. The minimum Gasteiger partial charge on any atom is -0.484 e. The summed E-state index contributed by atoms with van der Waals surface area (Å²) in [5.74, 6) is 0.124. The molecule has 2 amide bonds. The molecule has 1 atom stereocenters. The van der Waals surface area contributed by atoms with Gasteiger partial charge < -0.3 is 15.0 Å². The summed E-state index contributed by atoms with van der Waals surface area (Å²) >= 11 is 12.2. The first-order valence-corrected chi connectivity index (χ1v) is 11.6. The van der Waals surface area contributed by atoms with Gasteiger partial charge in [0, 0.05) is 13.1 Å². The van der Waals surface area contributed by atoms with Gasteiger partial charge in [0.1, 0.15) is 11.8 Å². The molecule has 0 fully saturated rings. The Hall–Kier alpha value is -2.24. The molecule has 7 heteroatoms. The summed E-state index contributed by atoms with van der Waals surface area (Å²) in [6.45, 7) is 10.7. The molecule has 32 heavy (non-hydrogen) atoms. The van der Waals surface area contributed by atoms with Crippen molar-refractivity contribution in [2.45, 2.75) is 59.0 Å². The van der Waals surface area contributed by atoms with Crippen LogP contribution in [-0.4, -0.2) is 35.9 Å². The number of likely N-dealkylation sites (N-methyl/N-ethyl adjacent to an activating group) is 1. The van der Waals surface area contributed by atoms with Gasteiger partial charge >= 0.3 is 0 Å². The summed E-state index contributed by atoms with van der Waals surface area (Å²) in [6, 6.07) is 12.3. The fraction of sp³-hybridized carbons (Fsp3) is 0.440. The van der Waals surface area contributed by atoms with Crippen molar-refractivity contribution in [3.63, 3.8) is 0 Å². The number of hydrogen-bond acceptors (Lipinski definition) is 3. The second kappa shape index (κ2) is 11.6. The van der Waals surface area contributed by atoms with Crippen LogP contribution in [0.15, 0.2) is 42.5 Å². The van der Waals surface area contributed by atoms with Crippen molar-refractivity contribution in [3.05, 3.63) is 63.6 Å². The Morgan fingerprint density at radius 3 is 2.22 bits per heavy atom. The van der Waals surface area contributed by atoms with Crippen LogP contribution in [0.5, 0.6) is 5.75 Å². The van der Waals surface area contributed by atoms with E-state index in [0.717, 1.165) is 5.56 Å². The summed E-state index contributed by atoms with van der Waals surface area (Å²) in [4.78, 5) is 27.3. The third kappa shape index (κ3) is 7.14. The lowest BCUT2D eigenvalue weighted by Crippen LogP contribution is -2.50. The van der Waals surface area contributed by atoms with E-state index in [-0.39, 0.29) is 30.4 Å². The smallest absolute Gasteiger partial charge is 0.261 e. The van der Waals surface area contributed by atoms with E-state index < -0.39 is 6.04 Å². The van der Waals surface area contributed by atoms with Crippen molar-refractivity contribution in [2.24, 2.45) is 0 Å². The summed E-state index contributed by atoms with van der Waals surface area (Å²) in [6.07, 6.45) is 0.471. The van der Waals surface area contributed by atoms with E-state index in [0.29, 0.717) is 28.8 Å². The average molecular weight is 479 g/mol. The Morgan fingerprint density at radius 1 is 1.03 bits per heavy atom. The summed E-state index contributed by atoms with van der Waals surface area (Å²) < 4.78 is 5.76. The van der Waals surface area contributed by atoms with Crippen molar-refractivity contribution in [1.82, 2.24) is 10.2 Å². The molecule has 2 rings (SSSR count). The Kier molecular flexibility index (Phi) is 9.41. The molecular formula is C25H32Cl2N2O3. The van der Waals surface area contributed by atoms with Gasteiger partial charge in [-0.05, 0) is 54.2 Å². The molecule has 2 aromatic rings. The third-order valence-electron chi connectivity index (χ3n) is 5.16. The molecule has 0 aromatic heterocycles. The second-order valence-electron chi connectivity index (χ2n) is 8.65.